The molecule has 2 fully saturated rings. The Labute approximate surface area is 143 Å². The van der Waals surface area contributed by atoms with Crippen LogP contribution in [0.25, 0.3) is 11.1 Å². The van der Waals surface area contributed by atoms with Crippen LogP contribution in [0.5, 0.6) is 0 Å². The monoisotopic (exact) mass is 321 g/mol. The summed E-state index contributed by atoms with van der Waals surface area (Å²) in [5, 5.41) is 0. The second-order valence-corrected chi connectivity index (χ2v) is 7.19. The van der Waals surface area contributed by atoms with Crippen LogP contribution in [0.2, 0.25) is 0 Å². The Bertz CT molecular complexity index is 727. The number of para-hydroxylation sites is 1. The summed E-state index contributed by atoms with van der Waals surface area (Å²) in [5.74, 6) is 0.372. The molecule has 1 saturated carbocycles. The third-order valence-electron chi connectivity index (χ3n) is 5.57. The summed E-state index contributed by atoms with van der Waals surface area (Å²) in [6.45, 7) is 1.69. The number of nitrogens with zero attached hydrogens (tertiary/aromatic N) is 1. The maximum Gasteiger partial charge on any atom is 0.229 e. The average Bonchev–Trinajstić information content (AvgIpc) is 3.10. The predicted molar refractivity (Wildman–Crippen MR) is 95.9 cm³/mol. The van der Waals surface area contributed by atoms with Gasteiger partial charge in [-0.2, -0.15) is 0 Å². The first kappa shape index (κ1) is 15.4. The smallest absolute Gasteiger partial charge is 0.229 e. The summed E-state index contributed by atoms with van der Waals surface area (Å²) in [6, 6.07) is 18.4. The topological polar surface area (TPSA) is 29.5 Å². The van der Waals surface area contributed by atoms with Gasteiger partial charge >= 0.3 is 0 Å². The second kappa shape index (κ2) is 6.06. The van der Waals surface area contributed by atoms with Crippen molar-refractivity contribution in [3.63, 3.8) is 0 Å². The fraction of sp³-hybridized carbons (Fsp3) is 0.381. The van der Waals surface area contributed by atoms with Crippen molar-refractivity contribution < 1.29 is 9.53 Å². The van der Waals surface area contributed by atoms with Gasteiger partial charge in [0, 0.05) is 25.1 Å². The minimum atomic E-state index is 0.139. The number of amides is 1. The van der Waals surface area contributed by atoms with E-state index in [1.807, 2.05) is 48.3 Å². The molecule has 0 N–H and O–H groups in total. The van der Waals surface area contributed by atoms with Crippen molar-refractivity contribution in [2.75, 3.05) is 25.2 Å². The Morgan fingerprint density at radius 3 is 2.50 bits per heavy atom. The quantitative estimate of drug-likeness (QED) is 0.850. The minimum Gasteiger partial charge on any atom is -0.381 e. The number of carbonyl (C=O) groups is 1. The van der Waals surface area contributed by atoms with Crippen LogP contribution >= 0.6 is 0 Å². The highest BCUT2D eigenvalue weighted by atomic mass is 16.5. The van der Waals surface area contributed by atoms with E-state index in [1.54, 1.807) is 0 Å². The molecule has 0 aromatic heterocycles. The highest BCUT2D eigenvalue weighted by molar-refractivity contribution is 5.99. The van der Waals surface area contributed by atoms with Crippen LogP contribution in [0.15, 0.2) is 54.6 Å². The fourth-order valence-corrected chi connectivity index (χ4v) is 4.15. The molecule has 1 amide bonds. The molecule has 2 aromatic carbocycles. The van der Waals surface area contributed by atoms with Crippen LogP contribution in [0, 0.1) is 11.3 Å². The van der Waals surface area contributed by atoms with Gasteiger partial charge in [-0.25, -0.2) is 0 Å². The zero-order valence-electron chi connectivity index (χ0n) is 14.1. The molecule has 4 rings (SSSR count). The van der Waals surface area contributed by atoms with E-state index >= 15 is 0 Å². The molecule has 2 aliphatic rings. The normalized spacial score (nSPS) is 25.5. The standard InChI is InChI=1S/C21H23NO2/c1-22(20(23)17-13-21(14-17)11-12-24-15-21)19-10-6-5-9-18(19)16-7-3-2-4-8-16/h2-10,17H,11-15H2,1H3. The Morgan fingerprint density at radius 1 is 1.08 bits per heavy atom. The lowest BCUT2D eigenvalue weighted by Gasteiger charge is -2.44. The molecular formula is C21H23NO2. The lowest BCUT2D eigenvalue weighted by Crippen LogP contribution is -2.46. The van der Waals surface area contributed by atoms with E-state index in [9.17, 15) is 4.79 Å². The van der Waals surface area contributed by atoms with Crippen LogP contribution < -0.4 is 4.90 Å². The van der Waals surface area contributed by atoms with Crippen LogP contribution in [0.1, 0.15) is 19.3 Å². The summed E-state index contributed by atoms with van der Waals surface area (Å²) < 4.78 is 5.53. The van der Waals surface area contributed by atoms with Crippen molar-refractivity contribution in [1.82, 2.24) is 0 Å². The van der Waals surface area contributed by atoms with Gasteiger partial charge in [-0.3, -0.25) is 4.79 Å². The highest BCUT2D eigenvalue weighted by Gasteiger charge is 2.50. The van der Waals surface area contributed by atoms with Gasteiger partial charge in [-0.15, -0.1) is 0 Å². The molecule has 1 aliphatic carbocycles. The van der Waals surface area contributed by atoms with Gasteiger partial charge in [0.1, 0.15) is 0 Å². The van der Waals surface area contributed by atoms with Crippen molar-refractivity contribution in [3.05, 3.63) is 54.6 Å². The van der Waals surface area contributed by atoms with E-state index in [0.717, 1.165) is 49.3 Å². The molecule has 124 valence electrons. The predicted octanol–water partition coefficient (Wildman–Crippen LogP) is 4.13. The molecule has 0 unspecified atom stereocenters. The number of rotatable bonds is 3. The summed E-state index contributed by atoms with van der Waals surface area (Å²) >= 11 is 0. The van der Waals surface area contributed by atoms with E-state index < -0.39 is 0 Å². The number of carbonyl (C=O) groups excluding carboxylic acids is 1. The minimum absolute atomic E-state index is 0.139. The zero-order chi connectivity index (χ0) is 16.6. The highest BCUT2D eigenvalue weighted by Crippen LogP contribution is 2.51. The van der Waals surface area contributed by atoms with Crippen LogP contribution in [-0.4, -0.2) is 26.2 Å². The number of hydrogen-bond acceptors (Lipinski definition) is 2. The Balaban J connectivity index is 1.55. The summed E-state index contributed by atoms with van der Waals surface area (Å²) in [7, 11) is 1.90. The molecule has 1 spiro atoms. The van der Waals surface area contributed by atoms with Crippen LogP contribution in [0.4, 0.5) is 5.69 Å². The SMILES string of the molecule is CN(C(=O)C1CC2(CCOC2)C1)c1ccccc1-c1ccccc1. The van der Waals surface area contributed by atoms with E-state index in [-0.39, 0.29) is 11.8 Å². The van der Waals surface area contributed by atoms with E-state index in [1.165, 1.54) is 0 Å². The molecule has 3 heteroatoms. The van der Waals surface area contributed by atoms with E-state index in [0.29, 0.717) is 5.41 Å². The molecule has 24 heavy (non-hydrogen) atoms. The molecule has 0 atom stereocenters. The first-order valence-corrected chi connectivity index (χ1v) is 8.68. The third kappa shape index (κ3) is 2.63. The largest absolute Gasteiger partial charge is 0.381 e. The maximum absolute atomic E-state index is 12.9. The summed E-state index contributed by atoms with van der Waals surface area (Å²) in [4.78, 5) is 14.8. The molecule has 1 saturated heterocycles. The molecule has 1 aliphatic heterocycles. The second-order valence-electron chi connectivity index (χ2n) is 7.19. The van der Waals surface area contributed by atoms with Crippen molar-refractivity contribution >= 4 is 11.6 Å². The Hall–Kier alpha value is -2.13. The van der Waals surface area contributed by atoms with Crippen molar-refractivity contribution in [2.24, 2.45) is 11.3 Å². The van der Waals surface area contributed by atoms with Gasteiger partial charge in [0.25, 0.3) is 0 Å². The van der Waals surface area contributed by atoms with Gasteiger partial charge in [0.05, 0.1) is 12.3 Å². The van der Waals surface area contributed by atoms with Crippen LogP contribution in [0.3, 0.4) is 0 Å². The van der Waals surface area contributed by atoms with Crippen LogP contribution in [-0.2, 0) is 9.53 Å². The van der Waals surface area contributed by atoms with Gasteiger partial charge < -0.3 is 9.64 Å². The molecule has 0 bridgehead atoms. The number of anilines is 1. The van der Waals surface area contributed by atoms with Crippen molar-refractivity contribution in [2.45, 2.75) is 19.3 Å². The third-order valence-corrected chi connectivity index (χ3v) is 5.57. The van der Waals surface area contributed by atoms with Crippen molar-refractivity contribution in [3.8, 4) is 11.1 Å². The molecule has 3 nitrogen and oxygen atoms in total. The number of ether oxygens (including phenoxy) is 1. The lowest BCUT2D eigenvalue weighted by molar-refractivity contribution is -0.129. The first-order chi connectivity index (χ1) is 11.7. The van der Waals surface area contributed by atoms with E-state index in [2.05, 4.69) is 18.2 Å². The Morgan fingerprint density at radius 2 is 1.79 bits per heavy atom. The number of benzene rings is 2. The summed E-state index contributed by atoms with van der Waals surface area (Å²) in [5.41, 5.74) is 3.52. The average molecular weight is 321 g/mol. The molecule has 2 aromatic rings. The van der Waals surface area contributed by atoms with E-state index in [4.69, 9.17) is 4.74 Å². The van der Waals surface area contributed by atoms with Gasteiger partial charge in [0.2, 0.25) is 5.91 Å². The van der Waals surface area contributed by atoms with Gasteiger partial charge in [-0.05, 0) is 36.3 Å². The maximum atomic E-state index is 12.9. The number of hydrogen-bond donors (Lipinski definition) is 0. The summed E-state index contributed by atoms with van der Waals surface area (Å²) in [6.07, 6.45) is 3.06. The lowest BCUT2D eigenvalue weighted by atomic mass is 9.61. The van der Waals surface area contributed by atoms with Gasteiger partial charge in [-0.1, -0.05) is 48.5 Å². The van der Waals surface area contributed by atoms with Gasteiger partial charge in [0.15, 0.2) is 0 Å². The first-order valence-electron chi connectivity index (χ1n) is 8.68. The molecule has 0 radical (unpaired) electrons. The zero-order valence-corrected chi connectivity index (χ0v) is 14.1. The molecular weight excluding hydrogens is 298 g/mol. The molecule has 1 heterocycles. The Kier molecular flexibility index (Phi) is 3.89. The fourth-order valence-electron chi connectivity index (χ4n) is 4.15. The van der Waals surface area contributed by atoms with Crippen molar-refractivity contribution in [1.29, 1.82) is 0 Å².